The van der Waals surface area contributed by atoms with Gasteiger partial charge in [-0.25, -0.2) is 0 Å². The van der Waals surface area contributed by atoms with Gasteiger partial charge in [0.1, 0.15) is 5.75 Å². The smallest absolute Gasteiger partial charge is 0.253 e. The fraction of sp³-hybridized carbons (Fsp3) is 0.667. The number of carbonyl (C=O) groups is 1. The van der Waals surface area contributed by atoms with Gasteiger partial charge >= 0.3 is 0 Å². The molecule has 1 aliphatic carbocycles. The van der Waals surface area contributed by atoms with Crippen LogP contribution >= 0.6 is 0 Å². The van der Waals surface area contributed by atoms with E-state index in [2.05, 4.69) is 4.90 Å². The molecule has 0 bridgehead atoms. The quantitative estimate of drug-likeness (QED) is 0.677. The zero-order chi connectivity index (χ0) is 19.9. The van der Waals surface area contributed by atoms with Crippen LogP contribution in [0.15, 0.2) is 24.3 Å². The van der Waals surface area contributed by atoms with E-state index in [1.807, 2.05) is 12.1 Å². The molecular weight excluding hydrogens is 358 g/mol. The highest BCUT2D eigenvalue weighted by molar-refractivity contribution is 5.94. The summed E-state index contributed by atoms with van der Waals surface area (Å²) in [6.45, 7) is 4.28. The summed E-state index contributed by atoms with van der Waals surface area (Å²) in [6, 6.07) is 7.11. The first-order valence-electron chi connectivity index (χ1n) is 10.3. The number of hydrogen-bond donors (Lipinski definition) is 2. The molecule has 1 heterocycles. The first kappa shape index (κ1) is 21.0. The zero-order valence-corrected chi connectivity index (χ0v) is 16.8. The Morgan fingerprint density at radius 2 is 2.00 bits per heavy atom. The van der Waals surface area contributed by atoms with Crippen LogP contribution in [0.2, 0.25) is 0 Å². The van der Waals surface area contributed by atoms with Gasteiger partial charge in [-0.05, 0) is 56.5 Å². The number of aliphatic hydroxyl groups excluding tert-OH is 1. The first-order valence-corrected chi connectivity index (χ1v) is 10.3. The summed E-state index contributed by atoms with van der Waals surface area (Å²) in [5, 5.41) is 11.0. The Morgan fingerprint density at radius 3 is 2.68 bits per heavy atom. The average molecular weight is 392 g/mol. The second-order valence-electron chi connectivity index (χ2n) is 7.64. The summed E-state index contributed by atoms with van der Waals surface area (Å²) in [5.41, 5.74) is 6.08. The van der Waals surface area contributed by atoms with Gasteiger partial charge in [-0.15, -0.1) is 0 Å². The summed E-state index contributed by atoms with van der Waals surface area (Å²) < 4.78 is 11.0. The molecule has 7 heteroatoms. The Hall–Kier alpha value is -1.67. The van der Waals surface area contributed by atoms with Crippen molar-refractivity contribution in [1.82, 2.24) is 9.80 Å². The van der Waals surface area contributed by atoms with E-state index in [1.54, 1.807) is 24.1 Å². The number of ether oxygens (including phenoxy) is 2. The van der Waals surface area contributed by atoms with E-state index in [1.165, 1.54) is 0 Å². The molecule has 1 aliphatic heterocycles. The molecule has 1 aromatic rings. The molecule has 1 saturated heterocycles. The molecule has 1 aromatic carbocycles. The van der Waals surface area contributed by atoms with E-state index in [9.17, 15) is 9.90 Å². The fourth-order valence-corrected chi connectivity index (χ4v) is 4.19. The summed E-state index contributed by atoms with van der Waals surface area (Å²) >= 11 is 0. The lowest BCUT2D eigenvalue weighted by Gasteiger charge is -2.45. The van der Waals surface area contributed by atoms with Gasteiger partial charge in [-0.2, -0.15) is 0 Å². The van der Waals surface area contributed by atoms with E-state index in [-0.39, 0.29) is 18.0 Å². The minimum Gasteiger partial charge on any atom is -0.494 e. The van der Waals surface area contributed by atoms with Crippen LogP contribution in [0.3, 0.4) is 0 Å². The van der Waals surface area contributed by atoms with Crippen molar-refractivity contribution in [2.75, 3.05) is 46.5 Å². The van der Waals surface area contributed by atoms with Gasteiger partial charge in [0.25, 0.3) is 5.91 Å². The molecule has 0 spiro atoms. The van der Waals surface area contributed by atoms with E-state index in [4.69, 9.17) is 15.2 Å². The summed E-state index contributed by atoms with van der Waals surface area (Å²) in [6.07, 6.45) is 3.06. The SMILES string of the molecule is CN(C(=O)c1ccc(OCCCN)cc1)[C@@H]1CCC[C@@H](N2CCOCC2)[C@@H]1O. The van der Waals surface area contributed by atoms with Crippen molar-refractivity contribution in [3.63, 3.8) is 0 Å². The standard InChI is InChI=1S/C21H33N3O4/c1-23(21(26)16-6-8-17(9-7-16)28-13-3-10-22)18-4-2-5-19(20(18)25)24-11-14-27-15-12-24/h6-9,18-20,25H,2-5,10-15,22H2,1H3/t18-,19-,20-/m1/s1. The van der Waals surface area contributed by atoms with Crippen LogP contribution in [0.25, 0.3) is 0 Å². The molecule has 2 aliphatic rings. The molecule has 3 rings (SSSR count). The van der Waals surface area contributed by atoms with Crippen molar-refractivity contribution in [2.24, 2.45) is 5.73 Å². The molecule has 1 saturated carbocycles. The van der Waals surface area contributed by atoms with Crippen LogP contribution in [0.4, 0.5) is 0 Å². The molecule has 3 atom stereocenters. The number of morpholine rings is 1. The topological polar surface area (TPSA) is 88.3 Å². The molecule has 28 heavy (non-hydrogen) atoms. The number of rotatable bonds is 7. The Morgan fingerprint density at radius 1 is 1.29 bits per heavy atom. The van der Waals surface area contributed by atoms with Crippen molar-refractivity contribution >= 4 is 5.91 Å². The Balaban J connectivity index is 1.61. The second-order valence-corrected chi connectivity index (χ2v) is 7.64. The van der Waals surface area contributed by atoms with Gasteiger partial charge in [-0.3, -0.25) is 9.69 Å². The highest BCUT2D eigenvalue weighted by Gasteiger charge is 2.39. The molecule has 0 aromatic heterocycles. The van der Waals surface area contributed by atoms with Crippen LogP contribution in [-0.4, -0.2) is 85.5 Å². The maximum atomic E-state index is 13.0. The maximum Gasteiger partial charge on any atom is 0.253 e. The molecular formula is C21H33N3O4. The summed E-state index contributed by atoms with van der Waals surface area (Å²) in [4.78, 5) is 17.0. The van der Waals surface area contributed by atoms with Gasteiger partial charge in [0.05, 0.1) is 32.0 Å². The lowest BCUT2D eigenvalue weighted by molar-refractivity contribution is -0.0613. The molecule has 156 valence electrons. The predicted octanol–water partition coefficient (Wildman–Crippen LogP) is 1.10. The number of nitrogens with zero attached hydrogens (tertiary/aromatic N) is 2. The number of likely N-dealkylation sites (N-methyl/N-ethyl adjacent to an activating group) is 1. The number of carbonyl (C=O) groups excluding carboxylic acids is 1. The van der Waals surface area contributed by atoms with E-state index in [0.717, 1.165) is 44.5 Å². The van der Waals surface area contributed by atoms with E-state index < -0.39 is 6.10 Å². The Bertz CT molecular complexity index is 619. The predicted molar refractivity (Wildman–Crippen MR) is 108 cm³/mol. The normalized spacial score (nSPS) is 26.0. The van der Waals surface area contributed by atoms with Gasteiger partial charge in [-0.1, -0.05) is 0 Å². The number of hydrogen-bond acceptors (Lipinski definition) is 6. The molecule has 0 unspecified atom stereocenters. The molecule has 2 fully saturated rings. The molecule has 3 N–H and O–H groups in total. The third-order valence-corrected chi connectivity index (χ3v) is 5.84. The van der Waals surface area contributed by atoms with Gasteiger partial charge in [0.2, 0.25) is 0 Å². The maximum absolute atomic E-state index is 13.0. The average Bonchev–Trinajstić information content (AvgIpc) is 2.74. The Kier molecular flexibility index (Phi) is 7.67. The summed E-state index contributed by atoms with van der Waals surface area (Å²) in [5.74, 6) is 0.665. The molecule has 7 nitrogen and oxygen atoms in total. The van der Waals surface area contributed by atoms with Crippen molar-refractivity contribution in [3.05, 3.63) is 29.8 Å². The lowest BCUT2D eigenvalue weighted by Crippen LogP contribution is -2.58. The van der Waals surface area contributed by atoms with E-state index in [0.29, 0.717) is 31.9 Å². The highest BCUT2D eigenvalue weighted by Crippen LogP contribution is 2.28. The second kappa shape index (κ2) is 10.2. The largest absolute Gasteiger partial charge is 0.494 e. The minimum absolute atomic E-state index is 0.0693. The van der Waals surface area contributed by atoms with Gasteiger partial charge in [0.15, 0.2) is 0 Å². The van der Waals surface area contributed by atoms with Crippen LogP contribution in [0.1, 0.15) is 36.0 Å². The van der Waals surface area contributed by atoms with Crippen molar-refractivity contribution in [1.29, 1.82) is 0 Å². The zero-order valence-electron chi connectivity index (χ0n) is 16.8. The number of amides is 1. The fourth-order valence-electron chi connectivity index (χ4n) is 4.19. The summed E-state index contributed by atoms with van der Waals surface area (Å²) in [7, 11) is 1.80. The van der Waals surface area contributed by atoms with Gasteiger partial charge < -0.3 is 25.2 Å². The van der Waals surface area contributed by atoms with Crippen LogP contribution in [-0.2, 0) is 4.74 Å². The van der Waals surface area contributed by atoms with Gasteiger partial charge in [0, 0.05) is 31.7 Å². The lowest BCUT2D eigenvalue weighted by atomic mass is 9.86. The van der Waals surface area contributed by atoms with Crippen LogP contribution < -0.4 is 10.5 Å². The number of nitrogens with two attached hydrogens (primary N) is 1. The van der Waals surface area contributed by atoms with E-state index >= 15 is 0 Å². The first-order chi connectivity index (χ1) is 13.6. The third kappa shape index (κ3) is 5.03. The minimum atomic E-state index is -0.542. The van der Waals surface area contributed by atoms with Crippen molar-refractivity contribution in [2.45, 2.75) is 43.9 Å². The number of aliphatic hydroxyl groups is 1. The van der Waals surface area contributed by atoms with Crippen LogP contribution in [0.5, 0.6) is 5.75 Å². The Labute approximate surface area is 167 Å². The molecule has 0 radical (unpaired) electrons. The van der Waals surface area contributed by atoms with Crippen LogP contribution in [0, 0.1) is 0 Å². The third-order valence-electron chi connectivity index (χ3n) is 5.84. The highest BCUT2D eigenvalue weighted by atomic mass is 16.5. The molecule has 1 amide bonds. The van der Waals surface area contributed by atoms with Crippen molar-refractivity contribution < 1.29 is 19.4 Å². The van der Waals surface area contributed by atoms with Crippen molar-refractivity contribution in [3.8, 4) is 5.75 Å². The number of benzene rings is 1. The monoisotopic (exact) mass is 391 g/mol.